The molecule has 0 spiro atoms. The van der Waals surface area contributed by atoms with E-state index in [4.69, 9.17) is 4.74 Å². The number of aliphatic hydroxyl groups is 1. The van der Waals surface area contributed by atoms with Gasteiger partial charge in [-0.1, -0.05) is 18.2 Å². The summed E-state index contributed by atoms with van der Waals surface area (Å²) < 4.78 is 18.3. The fourth-order valence-corrected chi connectivity index (χ4v) is 1.95. The minimum Gasteiger partial charge on any atom is -0.491 e. The maximum absolute atomic E-state index is 12.8. The number of rotatable bonds is 6. The predicted octanol–water partition coefficient (Wildman–Crippen LogP) is 2.69. The smallest absolute Gasteiger partial charge is 0.251 e. The first-order valence-corrected chi connectivity index (χ1v) is 7.04. The van der Waals surface area contributed by atoms with Crippen LogP contribution in [0.1, 0.15) is 28.9 Å². The Morgan fingerprint density at radius 1 is 1.27 bits per heavy atom. The molecule has 0 fully saturated rings. The molecule has 4 nitrogen and oxygen atoms in total. The lowest BCUT2D eigenvalue weighted by molar-refractivity contribution is 0.0954. The Bertz CT molecular complexity index is 628. The van der Waals surface area contributed by atoms with Gasteiger partial charge >= 0.3 is 0 Å². The van der Waals surface area contributed by atoms with Gasteiger partial charge in [-0.2, -0.15) is 0 Å². The maximum Gasteiger partial charge on any atom is 0.251 e. The Labute approximate surface area is 128 Å². The van der Waals surface area contributed by atoms with Gasteiger partial charge in [0.1, 0.15) is 24.3 Å². The summed E-state index contributed by atoms with van der Waals surface area (Å²) in [5.74, 6) is -0.0385. The lowest BCUT2D eigenvalue weighted by Gasteiger charge is -2.13. The second kappa shape index (κ2) is 7.56. The van der Waals surface area contributed by atoms with E-state index in [1.165, 1.54) is 24.3 Å². The van der Waals surface area contributed by atoms with Crippen molar-refractivity contribution in [2.24, 2.45) is 0 Å². The normalized spacial score (nSPS) is 11.8. The van der Waals surface area contributed by atoms with Crippen molar-refractivity contribution in [3.05, 3.63) is 65.5 Å². The highest BCUT2D eigenvalue weighted by atomic mass is 19.1. The molecular weight excluding hydrogens is 285 g/mol. The summed E-state index contributed by atoms with van der Waals surface area (Å²) >= 11 is 0. The second-order valence-electron chi connectivity index (χ2n) is 4.77. The Kier molecular flexibility index (Phi) is 5.49. The summed E-state index contributed by atoms with van der Waals surface area (Å²) in [6.45, 7) is 2.41. The van der Waals surface area contributed by atoms with E-state index in [1.807, 2.05) is 6.92 Å². The van der Waals surface area contributed by atoms with E-state index in [2.05, 4.69) is 5.32 Å². The van der Waals surface area contributed by atoms with Gasteiger partial charge in [0.25, 0.3) is 5.91 Å². The van der Waals surface area contributed by atoms with Crippen molar-refractivity contribution in [1.29, 1.82) is 0 Å². The molecule has 2 aromatic carbocycles. The first-order chi connectivity index (χ1) is 10.6. The number of carbonyl (C=O) groups excluding carboxylic acids is 1. The number of carbonyl (C=O) groups is 1. The van der Waals surface area contributed by atoms with E-state index in [-0.39, 0.29) is 18.3 Å². The molecule has 2 rings (SSSR count). The minimum atomic E-state index is -0.867. The average molecular weight is 303 g/mol. The van der Waals surface area contributed by atoms with Crippen LogP contribution < -0.4 is 10.1 Å². The SMILES string of the molecule is CCNC(=O)c1cccc(OCC(O)c2ccc(F)cc2)c1. The van der Waals surface area contributed by atoms with Crippen molar-refractivity contribution in [1.82, 2.24) is 5.32 Å². The van der Waals surface area contributed by atoms with Crippen LogP contribution in [0.3, 0.4) is 0 Å². The van der Waals surface area contributed by atoms with Gasteiger partial charge in [0.2, 0.25) is 0 Å². The molecule has 0 aliphatic heterocycles. The number of nitrogens with one attached hydrogen (secondary N) is 1. The number of amides is 1. The van der Waals surface area contributed by atoms with Gasteiger partial charge in [0.15, 0.2) is 0 Å². The highest BCUT2D eigenvalue weighted by Gasteiger charge is 2.10. The standard InChI is InChI=1S/C17H18FNO3/c1-2-19-17(21)13-4-3-5-15(10-13)22-11-16(20)12-6-8-14(18)9-7-12/h3-10,16,20H,2,11H2,1H3,(H,19,21). The van der Waals surface area contributed by atoms with E-state index in [1.54, 1.807) is 24.3 Å². The van der Waals surface area contributed by atoms with Crippen molar-refractivity contribution in [3.63, 3.8) is 0 Å². The van der Waals surface area contributed by atoms with Crippen molar-refractivity contribution in [3.8, 4) is 5.75 Å². The molecule has 0 radical (unpaired) electrons. The Hall–Kier alpha value is -2.40. The summed E-state index contributed by atoms with van der Waals surface area (Å²) in [4.78, 5) is 11.7. The summed E-state index contributed by atoms with van der Waals surface area (Å²) in [6.07, 6.45) is -0.867. The maximum atomic E-state index is 12.8. The van der Waals surface area contributed by atoms with Crippen LogP contribution in [0.5, 0.6) is 5.75 Å². The third-order valence-electron chi connectivity index (χ3n) is 3.10. The highest BCUT2D eigenvalue weighted by molar-refractivity contribution is 5.94. The van der Waals surface area contributed by atoms with Crippen LogP contribution in [0.4, 0.5) is 4.39 Å². The van der Waals surface area contributed by atoms with Crippen molar-refractivity contribution < 1.29 is 19.0 Å². The average Bonchev–Trinajstić information content (AvgIpc) is 2.54. The monoisotopic (exact) mass is 303 g/mol. The van der Waals surface area contributed by atoms with Crippen LogP contribution in [0.2, 0.25) is 0 Å². The fourth-order valence-electron chi connectivity index (χ4n) is 1.95. The zero-order valence-electron chi connectivity index (χ0n) is 12.3. The Morgan fingerprint density at radius 2 is 2.00 bits per heavy atom. The molecule has 0 heterocycles. The number of halogens is 1. The molecule has 0 aliphatic rings. The first kappa shape index (κ1) is 16.0. The quantitative estimate of drug-likeness (QED) is 0.862. The third kappa shape index (κ3) is 4.30. The molecule has 22 heavy (non-hydrogen) atoms. The summed E-state index contributed by atoms with van der Waals surface area (Å²) in [5, 5.41) is 12.7. The van der Waals surface area contributed by atoms with Crippen LogP contribution in [-0.4, -0.2) is 24.2 Å². The van der Waals surface area contributed by atoms with Gasteiger partial charge in [-0.3, -0.25) is 4.79 Å². The van der Waals surface area contributed by atoms with Gasteiger partial charge in [0, 0.05) is 12.1 Å². The van der Waals surface area contributed by atoms with Crippen LogP contribution in [0, 0.1) is 5.82 Å². The molecule has 0 saturated carbocycles. The largest absolute Gasteiger partial charge is 0.491 e. The Balaban J connectivity index is 1.97. The summed E-state index contributed by atoms with van der Waals surface area (Å²) in [7, 11) is 0. The zero-order valence-corrected chi connectivity index (χ0v) is 12.3. The van der Waals surface area contributed by atoms with Gasteiger partial charge in [0.05, 0.1) is 0 Å². The summed E-state index contributed by atoms with van der Waals surface area (Å²) in [5.41, 5.74) is 1.07. The Morgan fingerprint density at radius 3 is 2.68 bits per heavy atom. The molecule has 2 aromatic rings. The molecule has 5 heteroatoms. The number of hydrogen-bond acceptors (Lipinski definition) is 3. The third-order valence-corrected chi connectivity index (χ3v) is 3.10. The van der Waals surface area contributed by atoms with Crippen molar-refractivity contribution in [2.75, 3.05) is 13.2 Å². The van der Waals surface area contributed by atoms with Crippen molar-refractivity contribution in [2.45, 2.75) is 13.0 Å². The molecule has 2 N–H and O–H groups in total. The number of hydrogen-bond donors (Lipinski definition) is 2. The molecular formula is C17H18FNO3. The first-order valence-electron chi connectivity index (χ1n) is 7.04. The predicted molar refractivity (Wildman–Crippen MR) is 81.3 cm³/mol. The van der Waals surface area contributed by atoms with Gasteiger partial charge in [-0.05, 0) is 42.8 Å². The second-order valence-corrected chi connectivity index (χ2v) is 4.77. The van der Waals surface area contributed by atoms with E-state index in [9.17, 15) is 14.3 Å². The number of aliphatic hydroxyl groups excluding tert-OH is 1. The van der Waals surface area contributed by atoms with Crippen molar-refractivity contribution >= 4 is 5.91 Å². The van der Waals surface area contributed by atoms with E-state index in [0.29, 0.717) is 23.4 Å². The molecule has 1 unspecified atom stereocenters. The molecule has 0 aliphatic carbocycles. The number of ether oxygens (including phenoxy) is 1. The van der Waals surface area contributed by atoms with Crippen LogP contribution in [-0.2, 0) is 0 Å². The van der Waals surface area contributed by atoms with Crippen LogP contribution >= 0.6 is 0 Å². The molecule has 0 bridgehead atoms. The molecule has 1 amide bonds. The van der Waals surface area contributed by atoms with E-state index in [0.717, 1.165) is 0 Å². The lowest BCUT2D eigenvalue weighted by Crippen LogP contribution is -2.22. The van der Waals surface area contributed by atoms with Gasteiger partial charge < -0.3 is 15.2 Å². The van der Waals surface area contributed by atoms with Crippen LogP contribution in [0.25, 0.3) is 0 Å². The fraction of sp³-hybridized carbons (Fsp3) is 0.235. The minimum absolute atomic E-state index is 0.0183. The van der Waals surface area contributed by atoms with Crippen LogP contribution in [0.15, 0.2) is 48.5 Å². The lowest BCUT2D eigenvalue weighted by atomic mass is 10.1. The summed E-state index contributed by atoms with van der Waals surface area (Å²) in [6, 6.07) is 12.3. The zero-order chi connectivity index (χ0) is 15.9. The number of benzene rings is 2. The van der Waals surface area contributed by atoms with Gasteiger partial charge in [-0.15, -0.1) is 0 Å². The molecule has 116 valence electrons. The van der Waals surface area contributed by atoms with Gasteiger partial charge in [-0.25, -0.2) is 4.39 Å². The van der Waals surface area contributed by atoms with E-state index >= 15 is 0 Å². The van der Waals surface area contributed by atoms with E-state index < -0.39 is 6.10 Å². The highest BCUT2D eigenvalue weighted by Crippen LogP contribution is 2.18. The molecule has 1 atom stereocenters. The molecule has 0 aromatic heterocycles. The molecule has 0 saturated heterocycles. The topological polar surface area (TPSA) is 58.6 Å².